The van der Waals surface area contributed by atoms with Crippen LogP contribution < -0.4 is 5.73 Å². The second-order valence-electron chi connectivity index (χ2n) is 3.58. The number of nitrogens with two attached hydrogens (primary N) is 1. The Hall–Kier alpha value is -0.610. The van der Waals surface area contributed by atoms with Crippen molar-refractivity contribution < 1.29 is 8.78 Å². The molecule has 0 bridgehead atoms. The van der Waals surface area contributed by atoms with Gasteiger partial charge in [-0.05, 0) is 24.0 Å². The molecule has 1 nitrogen and oxygen atoms in total. The van der Waals surface area contributed by atoms with Crippen molar-refractivity contribution in [1.82, 2.24) is 0 Å². The summed E-state index contributed by atoms with van der Waals surface area (Å²) in [5, 5.41) is 0. The standard InChI is InChI=1S/C10H11F2NS/c1-14-8-4-2-3-7(5-8)9(13)6-10(9,11)12/h2-5H,6,13H2,1H3. The molecule has 0 amide bonds. The van der Waals surface area contributed by atoms with Gasteiger partial charge in [0.05, 0.1) is 0 Å². The molecule has 0 saturated heterocycles. The molecule has 0 spiro atoms. The molecule has 0 aromatic heterocycles. The van der Waals surface area contributed by atoms with Crippen LogP contribution in [0.4, 0.5) is 8.78 Å². The highest BCUT2D eigenvalue weighted by Crippen LogP contribution is 2.57. The molecule has 1 aliphatic carbocycles. The van der Waals surface area contributed by atoms with E-state index in [2.05, 4.69) is 0 Å². The van der Waals surface area contributed by atoms with E-state index in [0.717, 1.165) is 4.90 Å². The van der Waals surface area contributed by atoms with Crippen LogP contribution in [0.5, 0.6) is 0 Å². The molecule has 1 aliphatic rings. The average molecular weight is 215 g/mol. The van der Waals surface area contributed by atoms with Gasteiger partial charge in [-0.15, -0.1) is 11.8 Å². The van der Waals surface area contributed by atoms with E-state index in [1.54, 1.807) is 18.2 Å². The van der Waals surface area contributed by atoms with Gasteiger partial charge >= 0.3 is 0 Å². The van der Waals surface area contributed by atoms with Crippen LogP contribution in [0.1, 0.15) is 12.0 Å². The molecule has 4 heteroatoms. The van der Waals surface area contributed by atoms with Crippen molar-refractivity contribution in [3.8, 4) is 0 Å². The number of rotatable bonds is 2. The van der Waals surface area contributed by atoms with E-state index in [4.69, 9.17) is 5.73 Å². The van der Waals surface area contributed by atoms with E-state index in [1.807, 2.05) is 12.3 Å². The molecule has 1 unspecified atom stereocenters. The molecule has 0 radical (unpaired) electrons. The summed E-state index contributed by atoms with van der Waals surface area (Å²) in [5.74, 6) is -2.73. The Kier molecular flexibility index (Phi) is 2.08. The third kappa shape index (κ3) is 1.33. The van der Waals surface area contributed by atoms with Gasteiger partial charge in [0.25, 0.3) is 5.92 Å². The molecule has 1 aromatic rings. The summed E-state index contributed by atoms with van der Waals surface area (Å²) in [6.45, 7) is 0. The van der Waals surface area contributed by atoms with E-state index >= 15 is 0 Å². The van der Waals surface area contributed by atoms with Crippen LogP contribution in [0, 0.1) is 0 Å². The van der Waals surface area contributed by atoms with Crippen LogP contribution in [-0.2, 0) is 5.54 Å². The number of benzene rings is 1. The summed E-state index contributed by atoms with van der Waals surface area (Å²) in [4.78, 5) is 0.968. The van der Waals surface area contributed by atoms with Crippen LogP contribution >= 0.6 is 11.8 Å². The zero-order valence-corrected chi connectivity index (χ0v) is 8.57. The SMILES string of the molecule is CSc1cccc(C2(N)CC2(F)F)c1. The van der Waals surface area contributed by atoms with Crippen molar-refractivity contribution >= 4 is 11.8 Å². The molecule has 0 heterocycles. The minimum Gasteiger partial charge on any atom is -0.316 e. The van der Waals surface area contributed by atoms with Gasteiger partial charge in [-0.1, -0.05) is 12.1 Å². The summed E-state index contributed by atoms with van der Waals surface area (Å²) < 4.78 is 25.9. The van der Waals surface area contributed by atoms with Crippen LogP contribution in [0.3, 0.4) is 0 Å². The van der Waals surface area contributed by atoms with Crippen molar-refractivity contribution in [3.63, 3.8) is 0 Å². The predicted octanol–water partition coefficient (Wildman–Crippen LogP) is 2.60. The monoisotopic (exact) mass is 215 g/mol. The Bertz CT molecular complexity index is 367. The Morgan fingerprint density at radius 3 is 2.57 bits per heavy atom. The maximum absolute atomic E-state index is 13.0. The maximum Gasteiger partial charge on any atom is 0.272 e. The maximum atomic E-state index is 13.0. The quantitative estimate of drug-likeness (QED) is 0.767. The molecule has 1 fully saturated rings. The normalized spacial score (nSPS) is 28.9. The number of alkyl halides is 2. The molecule has 2 N–H and O–H groups in total. The predicted molar refractivity (Wildman–Crippen MR) is 53.7 cm³/mol. The van der Waals surface area contributed by atoms with Gasteiger partial charge in [-0.25, -0.2) is 8.78 Å². The second-order valence-corrected chi connectivity index (χ2v) is 4.46. The molecule has 1 saturated carbocycles. The van der Waals surface area contributed by atoms with Crippen molar-refractivity contribution in [2.24, 2.45) is 5.73 Å². The third-order valence-corrected chi connectivity index (χ3v) is 3.34. The molecule has 0 aliphatic heterocycles. The summed E-state index contributed by atoms with van der Waals surface area (Å²) in [6, 6.07) is 7.06. The minimum atomic E-state index is -2.73. The Labute approximate surface area is 85.7 Å². The largest absolute Gasteiger partial charge is 0.316 e. The highest BCUT2D eigenvalue weighted by Gasteiger charge is 2.69. The van der Waals surface area contributed by atoms with Crippen molar-refractivity contribution in [3.05, 3.63) is 29.8 Å². The number of thioether (sulfide) groups is 1. The fraction of sp³-hybridized carbons (Fsp3) is 0.400. The first kappa shape index (κ1) is 9.93. The number of hydrogen-bond acceptors (Lipinski definition) is 2. The molecular weight excluding hydrogens is 204 g/mol. The summed E-state index contributed by atoms with van der Waals surface area (Å²) in [6.07, 6.45) is 1.67. The van der Waals surface area contributed by atoms with Gasteiger partial charge in [0.1, 0.15) is 5.54 Å². The first-order valence-electron chi connectivity index (χ1n) is 4.31. The lowest BCUT2D eigenvalue weighted by Gasteiger charge is -2.11. The van der Waals surface area contributed by atoms with Crippen molar-refractivity contribution in [2.45, 2.75) is 22.8 Å². The lowest BCUT2D eigenvalue weighted by Crippen LogP contribution is -2.27. The van der Waals surface area contributed by atoms with Gasteiger partial charge in [-0.3, -0.25) is 0 Å². The molecule has 1 atom stereocenters. The fourth-order valence-electron chi connectivity index (χ4n) is 1.52. The van der Waals surface area contributed by atoms with Crippen molar-refractivity contribution in [2.75, 3.05) is 6.26 Å². The lowest BCUT2D eigenvalue weighted by molar-refractivity contribution is 0.0891. The van der Waals surface area contributed by atoms with Gasteiger partial charge in [0.2, 0.25) is 0 Å². The lowest BCUT2D eigenvalue weighted by atomic mass is 10.1. The van der Waals surface area contributed by atoms with E-state index in [1.165, 1.54) is 11.8 Å². The second kappa shape index (κ2) is 2.94. The molecular formula is C10H11F2NS. The smallest absolute Gasteiger partial charge is 0.272 e. The molecule has 76 valence electrons. The number of hydrogen-bond donors (Lipinski definition) is 1. The Balaban J connectivity index is 2.34. The van der Waals surface area contributed by atoms with Crippen LogP contribution in [-0.4, -0.2) is 12.2 Å². The van der Waals surface area contributed by atoms with Crippen LogP contribution in [0.15, 0.2) is 29.2 Å². The topological polar surface area (TPSA) is 26.0 Å². The highest BCUT2D eigenvalue weighted by atomic mass is 32.2. The van der Waals surface area contributed by atoms with E-state index in [9.17, 15) is 8.78 Å². The zero-order chi connectivity index (χ0) is 10.4. The fourth-order valence-corrected chi connectivity index (χ4v) is 1.98. The first-order valence-corrected chi connectivity index (χ1v) is 5.53. The number of halogens is 2. The Morgan fingerprint density at radius 1 is 1.43 bits per heavy atom. The van der Waals surface area contributed by atoms with Crippen molar-refractivity contribution in [1.29, 1.82) is 0 Å². The summed E-state index contributed by atoms with van der Waals surface area (Å²) >= 11 is 1.53. The average Bonchev–Trinajstić information content (AvgIpc) is 2.68. The van der Waals surface area contributed by atoms with E-state index in [0.29, 0.717) is 5.56 Å². The molecule has 14 heavy (non-hydrogen) atoms. The van der Waals surface area contributed by atoms with E-state index < -0.39 is 11.5 Å². The minimum absolute atomic E-state index is 0.238. The third-order valence-electron chi connectivity index (χ3n) is 2.61. The molecule has 1 aromatic carbocycles. The van der Waals surface area contributed by atoms with Gasteiger partial charge in [0, 0.05) is 11.3 Å². The zero-order valence-electron chi connectivity index (χ0n) is 7.76. The summed E-state index contributed by atoms with van der Waals surface area (Å²) in [7, 11) is 0. The van der Waals surface area contributed by atoms with Crippen LogP contribution in [0.25, 0.3) is 0 Å². The molecule has 2 rings (SSSR count). The van der Waals surface area contributed by atoms with Gasteiger partial charge in [0.15, 0.2) is 0 Å². The highest BCUT2D eigenvalue weighted by molar-refractivity contribution is 7.98. The summed E-state index contributed by atoms with van der Waals surface area (Å²) in [5.41, 5.74) is 4.73. The van der Waals surface area contributed by atoms with Gasteiger partial charge < -0.3 is 5.73 Å². The first-order chi connectivity index (χ1) is 6.49. The Morgan fingerprint density at radius 2 is 2.07 bits per heavy atom. The van der Waals surface area contributed by atoms with Gasteiger partial charge in [-0.2, -0.15) is 0 Å². The van der Waals surface area contributed by atoms with E-state index in [-0.39, 0.29) is 6.42 Å². The van der Waals surface area contributed by atoms with Crippen LogP contribution in [0.2, 0.25) is 0 Å².